The first-order valence-electron chi connectivity index (χ1n) is 9.86. The molecule has 158 valence electrons. The highest BCUT2D eigenvalue weighted by Gasteiger charge is 2.37. The molecule has 4 nitrogen and oxygen atoms in total. The Bertz CT molecular complexity index is 1400. The number of thioether (sulfide) groups is 1. The van der Waals surface area contributed by atoms with Crippen molar-refractivity contribution in [3.05, 3.63) is 105 Å². The number of para-hydroxylation sites is 1. The fourth-order valence-corrected chi connectivity index (χ4v) is 5.18. The SMILES string of the molecule is O=C1S/C(=C\c2cn(Cc3ccccc3)c3ccc(Br)cc23)C(=O)N1c1ccccc1Cl. The van der Waals surface area contributed by atoms with Crippen LogP contribution in [0.3, 0.4) is 0 Å². The van der Waals surface area contributed by atoms with Crippen molar-refractivity contribution in [3.63, 3.8) is 0 Å². The first-order chi connectivity index (χ1) is 15.5. The minimum absolute atomic E-state index is 0.358. The molecule has 5 rings (SSSR count). The molecule has 1 saturated heterocycles. The summed E-state index contributed by atoms with van der Waals surface area (Å²) in [6.07, 6.45) is 3.81. The maximum absolute atomic E-state index is 13.1. The van der Waals surface area contributed by atoms with Gasteiger partial charge in [0, 0.05) is 33.7 Å². The number of carbonyl (C=O) groups excluding carboxylic acids is 2. The van der Waals surface area contributed by atoms with E-state index in [2.05, 4.69) is 38.7 Å². The summed E-state index contributed by atoms with van der Waals surface area (Å²) in [5.41, 5.74) is 3.50. The Balaban J connectivity index is 1.56. The van der Waals surface area contributed by atoms with Crippen LogP contribution in [-0.2, 0) is 11.3 Å². The largest absolute Gasteiger partial charge is 0.342 e. The van der Waals surface area contributed by atoms with E-state index in [1.165, 1.54) is 5.56 Å². The maximum Gasteiger partial charge on any atom is 0.298 e. The molecule has 1 fully saturated rings. The number of imide groups is 1. The van der Waals surface area contributed by atoms with E-state index < -0.39 is 0 Å². The fraction of sp³-hybridized carbons (Fsp3) is 0.0400. The summed E-state index contributed by atoms with van der Waals surface area (Å²) in [5, 5.41) is 1.00. The molecule has 32 heavy (non-hydrogen) atoms. The minimum Gasteiger partial charge on any atom is -0.342 e. The van der Waals surface area contributed by atoms with Crippen LogP contribution in [0.2, 0.25) is 5.02 Å². The molecule has 1 aliphatic heterocycles. The number of aromatic nitrogens is 1. The van der Waals surface area contributed by atoms with Crippen LogP contribution in [0.5, 0.6) is 0 Å². The van der Waals surface area contributed by atoms with Gasteiger partial charge in [0.15, 0.2) is 0 Å². The Morgan fingerprint density at radius 2 is 1.72 bits per heavy atom. The van der Waals surface area contributed by atoms with E-state index in [0.717, 1.165) is 37.6 Å². The van der Waals surface area contributed by atoms with Gasteiger partial charge >= 0.3 is 0 Å². The van der Waals surface area contributed by atoms with Crippen molar-refractivity contribution in [2.45, 2.75) is 6.54 Å². The lowest BCUT2D eigenvalue weighted by Crippen LogP contribution is -2.27. The van der Waals surface area contributed by atoms with Crippen molar-refractivity contribution in [1.29, 1.82) is 0 Å². The van der Waals surface area contributed by atoms with Gasteiger partial charge in [-0.3, -0.25) is 9.59 Å². The summed E-state index contributed by atoms with van der Waals surface area (Å²) in [5.74, 6) is -0.368. The van der Waals surface area contributed by atoms with Crippen molar-refractivity contribution in [3.8, 4) is 0 Å². The molecule has 0 bridgehead atoms. The third-order valence-electron chi connectivity index (χ3n) is 5.24. The zero-order valence-corrected chi connectivity index (χ0v) is 19.8. The molecule has 4 aromatic rings. The Labute approximate surface area is 202 Å². The predicted molar refractivity (Wildman–Crippen MR) is 135 cm³/mol. The number of fused-ring (bicyclic) bond motifs is 1. The number of hydrogen-bond donors (Lipinski definition) is 0. The van der Waals surface area contributed by atoms with Crippen molar-refractivity contribution in [1.82, 2.24) is 4.57 Å². The van der Waals surface area contributed by atoms with Gasteiger partial charge in [0.05, 0.1) is 15.6 Å². The third kappa shape index (κ3) is 3.90. The van der Waals surface area contributed by atoms with Gasteiger partial charge in [0.2, 0.25) is 0 Å². The normalized spacial score (nSPS) is 15.3. The summed E-state index contributed by atoms with van der Waals surface area (Å²) >= 11 is 10.7. The molecule has 1 aromatic heterocycles. The standard InChI is InChI=1S/C25H16BrClN2O2S/c26-18-10-11-21-19(13-18)17(15-28(21)14-16-6-2-1-3-7-16)12-23-24(30)29(25(31)32-23)22-9-5-4-8-20(22)27/h1-13,15H,14H2/b23-12-. The van der Waals surface area contributed by atoms with Gasteiger partial charge in [-0.25, -0.2) is 4.90 Å². The van der Waals surface area contributed by atoms with Crippen LogP contribution in [-0.4, -0.2) is 15.7 Å². The van der Waals surface area contributed by atoms with Crippen LogP contribution in [0.15, 0.2) is 88.4 Å². The Morgan fingerprint density at radius 1 is 0.969 bits per heavy atom. The summed E-state index contributed by atoms with van der Waals surface area (Å²) in [4.78, 5) is 27.3. The average Bonchev–Trinajstić information content (AvgIpc) is 3.25. The quantitative estimate of drug-likeness (QED) is 0.263. The van der Waals surface area contributed by atoms with Gasteiger partial charge in [-0.1, -0.05) is 70.0 Å². The molecule has 1 aliphatic rings. The number of benzene rings is 3. The van der Waals surface area contributed by atoms with E-state index in [-0.39, 0.29) is 11.1 Å². The molecule has 0 atom stereocenters. The zero-order chi connectivity index (χ0) is 22.2. The highest BCUT2D eigenvalue weighted by atomic mass is 79.9. The van der Waals surface area contributed by atoms with Gasteiger partial charge in [-0.15, -0.1) is 0 Å². The lowest BCUT2D eigenvalue weighted by atomic mass is 10.1. The molecule has 2 amide bonds. The minimum atomic E-state index is -0.368. The Hall–Kier alpha value is -2.80. The number of nitrogens with zero attached hydrogens (tertiary/aromatic N) is 2. The topological polar surface area (TPSA) is 42.3 Å². The van der Waals surface area contributed by atoms with Crippen molar-refractivity contribution in [2.75, 3.05) is 4.90 Å². The molecule has 0 radical (unpaired) electrons. The van der Waals surface area contributed by atoms with Crippen LogP contribution >= 0.6 is 39.3 Å². The van der Waals surface area contributed by atoms with Crippen LogP contribution in [0, 0.1) is 0 Å². The van der Waals surface area contributed by atoms with Crippen molar-refractivity contribution < 1.29 is 9.59 Å². The molecule has 2 heterocycles. The smallest absolute Gasteiger partial charge is 0.298 e. The first kappa shape index (κ1) is 21.1. The molecule has 0 spiro atoms. The average molecular weight is 524 g/mol. The second-order valence-corrected chi connectivity index (χ2v) is 9.64. The third-order valence-corrected chi connectivity index (χ3v) is 6.93. The lowest BCUT2D eigenvalue weighted by Gasteiger charge is -2.13. The Kier molecular flexibility index (Phi) is 5.67. The summed E-state index contributed by atoms with van der Waals surface area (Å²) < 4.78 is 3.10. The van der Waals surface area contributed by atoms with Gasteiger partial charge in [-0.05, 0) is 53.7 Å². The summed E-state index contributed by atoms with van der Waals surface area (Å²) in [7, 11) is 0. The lowest BCUT2D eigenvalue weighted by molar-refractivity contribution is -0.113. The number of rotatable bonds is 4. The van der Waals surface area contributed by atoms with Crippen LogP contribution < -0.4 is 4.90 Å². The second kappa shape index (κ2) is 8.62. The molecular formula is C25H16BrClN2O2S. The van der Waals surface area contributed by atoms with Crippen LogP contribution in [0.1, 0.15) is 11.1 Å². The van der Waals surface area contributed by atoms with E-state index in [4.69, 9.17) is 11.6 Å². The van der Waals surface area contributed by atoms with Crippen LogP contribution in [0.25, 0.3) is 17.0 Å². The van der Waals surface area contributed by atoms with Gasteiger partial charge in [-0.2, -0.15) is 0 Å². The van der Waals surface area contributed by atoms with Gasteiger partial charge < -0.3 is 4.57 Å². The highest BCUT2D eigenvalue weighted by Crippen LogP contribution is 2.39. The molecule has 3 aromatic carbocycles. The van der Waals surface area contributed by atoms with E-state index in [9.17, 15) is 9.59 Å². The molecule has 0 aliphatic carbocycles. The Morgan fingerprint density at radius 3 is 2.50 bits per heavy atom. The monoisotopic (exact) mass is 522 g/mol. The molecule has 7 heteroatoms. The van der Waals surface area contributed by atoms with Gasteiger partial charge in [0.1, 0.15) is 0 Å². The molecule has 0 saturated carbocycles. The summed E-state index contributed by atoms with van der Waals surface area (Å²) in [6.45, 7) is 0.702. The van der Waals surface area contributed by atoms with E-state index in [1.54, 1.807) is 30.3 Å². The molecule has 0 unspecified atom stereocenters. The maximum atomic E-state index is 13.1. The molecular weight excluding hydrogens is 508 g/mol. The number of anilines is 1. The first-order valence-corrected chi connectivity index (χ1v) is 11.8. The van der Waals surface area contributed by atoms with Gasteiger partial charge in [0.25, 0.3) is 11.1 Å². The number of amides is 2. The highest BCUT2D eigenvalue weighted by molar-refractivity contribution is 9.10. The number of hydrogen-bond acceptors (Lipinski definition) is 3. The van der Waals surface area contributed by atoms with E-state index in [0.29, 0.717) is 22.2 Å². The fourth-order valence-electron chi connectivity index (χ4n) is 3.77. The summed E-state index contributed by atoms with van der Waals surface area (Å²) in [6, 6.07) is 23.1. The van der Waals surface area contributed by atoms with Crippen LogP contribution in [0.4, 0.5) is 10.5 Å². The number of carbonyl (C=O) groups is 2. The zero-order valence-electron chi connectivity index (χ0n) is 16.7. The number of halogens is 2. The predicted octanol–water partition coefficient (Wildman–Crippen LogP) is 7.35. The van der Waals surface area contributed by atoms with Crippen molar-refractivity contribution >= 4 is 73.1 Å². The van der Waals surface area contributed by atoms with E-state index in [1.807, 2.05) is 36.5 Å². The molecule has 0 N–H and O–H groups in total. The van der Waals surface area contributed by atoms with E-state index >= 15 is 0 Å². The second-order valence-electron chi connectivity index (χ2n) is 7.33. The van der Waals surface area contributed by atoms with Crippen molar-refractivity contribution in [2.24, 2.45) is 0 Å².